The number of hydrogen-bond donors (Lipinski definition) is 2. The second-order valence-corrected chi connectivity index (χ2v) is 6.44. The van der Waals surface area contributed by atoms with Crippen molar-refractivity contribution in [2.24, 2.45) is 5.92 Å². The summed E-state index contributed by atoms with van der Waals surface area (Å²) in [5.41, 5.74) is 0.849. The first-order valence-electron chi connectivity index (χ1n) is 7.69. The predicted octanol–water partition coefficient (Wildman–Crippen LogP) is 4.20. The van der Waals surface area contributed by atoms with Crippen LogP contribution in [0.15, 0.2) is 18.2 Å². The fourth-order valence-electron chi connectivity index (χ4n) is 3.70. The minimum absolute atomic E-state index is 0.188. The molecule has 2 nitrogen and oxygen atoms in total. The van der Waals surface area contributed by atoms with Crippen LogP contribution in [-0.4, -0.2) is 18.6 Å². The molecule has 1 aromatic rings. The van der Waals surface area contributed by atoms with Gasteiger partial charge in [-0.15, -0.1) is 0 Å². The number of nitrogens with one attached hydrogen (secondary N) is 2. The van der Waals surface area contributed by atoms with Gasteiger partial charge in [-0.05, 0) is 56.3 Å². The summed E-state index contributed by atoms with van der Waals surface area (Å²) in [7, 11) is 0. The Bertz CT molecular complexity index is 460. The van der Waals surface area contributed by atoms with Crippen molar-refractivity contribution in [2.75, 3.05) is 11.9 Å². The molecule has 2 aliphatic rings. The van der Waals surface area contributed by atoms with Crippen molar-refractivity contribution in [3.05, 3.63) is 29.0 Å². The van der Waals surface area contributed by atoms with Crippen LogP contribution in [-0.2, 0) is 0 Å². The van der Waals surface area contributed by atoms with Gasteiger partial charge in [-0.25, -0.2) is 4.39 Å². The van der Waals surface area contributed by atoms with Crippen LogP contribution < -0.4 is 10.6 Å². The summed E-state index contributed by atoms with van der Waals surface area (Å²) in [4.78, 5) is 0. The molecule has 1 saturated heterocycles. The molecular formula is C16H22ClFN2. The van der Waals surface area contributed by atoms with Gasteiger partial charge in [0.05, 0.1) is 5.02 Å². The molecule has 110 valence electrons. The molecule has 1 saturated carbocycles. The van der Waals surface area contributed by atoms with Crippen LogP contribution in [0.4, 0.5) is 10.1 Å². The summed E-state index contributed by atoms with van der Waals surface area (Å²) in [5, 5.41) is 7.35. The smallest absolute Gasteiger partial charge is 0.143 e. The van der Waals surface area contributed by atoms with E-state index >= 15 is 0 Å². The average molecular weight is 297 g/mol. The highest BCUT2D eigenvalue weighted by Gasteiger charge is 2.33. The molecule has 1 aliphatic heterocycles. The zero-order valence-corrected chi connectivity index (χ0v) is 12.4. The van der Waals surface area contributed by atoms with E-state index in [0.29, 0.717) is 18.0 Å². The zero-order valence-electron chi connectivity index (χ0n) is 11.7. The second kappa shape index (κ2) is 6.31. The van der Waals surface area contributed by atoms with Crippen LogP contribution >= 0.6 is 11.6 Å². The van der Waals surface area contributed by atoms with E-state index in [2.05, 4.69) is 10.6 Å². The molecule has 1 aromatic carbocycles. The SMILES string of the molecule is Fc1cc(NC2CCCCC2C2CCCN2)ccc1Cl. The Labute approximate surface area is 125 Å². The minimum atomic E-state index is -0.344. The molecule has 2 N–H and O–H groups in total. The van der Waals surface area contributed by atoms with Crippen molar-refractivity contribution >= 4 is 17.3 Å². The van der Waals surface area contributed by atoms with Gasteiger partial charge in [0.15, 0.2) is 0 Å². The molecule has 0 spiro atoms. The van der Waals surface area contributed by atoms with Crippen LogP contribution in [0.2, 0.25) is 5.02 Å². The fraction of sp³-hybridized carbons (Fsp3) is 0.625. The standard InChI is InChI=1S/C16H22ClFN2/c17-13-8-7-11(10-14(13)18)20-16-5-2-1-4-12(16)15-6-3-9-19-15/h7-8,10,12,15-16,19-20H,1-6,9H2. The maximum atomic E-state index is 13.5. The van der Waals surface area contributed by atoms with Gasteiger partial charge in [0.2, 0.25) is 0 Å². The highest BCUT2D eigenvalue weighted by molar-refractivity contribution is 6.30. The van der Waals surface area contributed by atoms with Gasteiger partial charge in [0, 0.05) is 17.8 Å². The summed E-state index contributed by atoms with van der Waals surface area (Å²) < 4.78 is 13.5. The fourth-order valence-corrected chi connectivity index (χ4v) is 3.81. The van der Waals surface area contributed by atoms with E-state index in [1.54, 1.807) is 6.07 Å². The second-order valence-electron chi connectivity index (χ2n) is 6.03. The van der Waals surface area contributed by atoms with Gasteiger partial charge < -0.3 is 10.6 Å². The van der Waals surface area contributed by atoms with Crippen LogP contribution in [0.3, 0.4) is 0 Å². The van der Waals surface area contributed by atoms with E-state index in [9.17, 15) is 4.39 Å². The van der Waals surface area contributed by atoms with Gasteiger partial charge in [-0.2, -0.15) is 0 Å². The van der Waals surface area contributed by atoms with Crippen molar-refractivity contribution in [1.29, 1.82) is 0 Å². The Morgan fingerprint density at radius 3 is 2.75 bits per heavy atom. The molecule has 3 atom stereocenters. The van der Waals surface area contributed by atoms with Gasteiger partial charge >= 0.3 is 0 Å². The monoisotopic (exact) mass is 296 g/mol. The summed E-state index contributed by atoms with van der Waals surface area (Å²) in [6.07, 6.45) is 7.58. The summed E-state index contributed by atoms with van der Waals surface area (Å²) in [6.45, 7) is 1.14. The molecule has 4 heteroatoms. The van der Waals surface area contributed by atoms with Crippen molar-refractivity contribution in [3.8, 4) is 0 Å². The van der Waals surface area contributed by atoms with E-state index in [4.69, 9.17) is 11.6 Å². The van der Waals surface area contributed by atoms with Crippen LogP contribution in [0.1, 0.15) is 38.5 Å². The van der Waals surface area contributed by atoms with Gasteiger partial charge in [0.1, 0.15) is 5.82 Å². The number of rotatable bonds is 3. The number of benzene rings is 1. The number of anilines is 1. The number of hydrogen-bond acceptors (Lipinski definition) is 2. The highest BCUT2D eigenvalue weighted by Crippen LogP contribution is 2.33. The molecule has 0 radical (unpaired) electrons. The topological polar surface area (TPSA) is 24.1 Å². The zero-order chi connectivity index (χ0) is 13.9. The first-order chi connectivity index (χ1) is 9.74. The van der Waals surface area contributed by atoms with E-state index in [1.165, 1.54) is 44.6 Å². The summed E-state index contributed by atoms with van der Waals surface area (Å²) in [5.74, 6) is 0.313. The lowest BCUT2D eigenvalue weighted by Crippen LogP contribution is -2.43. The van der Waals surface area contributed by atoms with Crippen molar-refractivity contribution in [2.45, 2.75) is 50.6 Å². The third-order valence-electron chi connectivity index (χ3n) is 4.71. The lowest BCUT2D eigenvalue weighted by atomic mass is 9.79. The van der Waals surface area contributed by atoms with E-state index < -0.39 is 0 Å². The largest absolute Gasteiger partial charge is 0.382 e. The van der Waals surface area contributed by atoms with E-state index in [-0.39, 0.29) is 10.8 Å². The molecule has 0 bridgehead atoms. The first-order valence-corrected chi connectivity index (χ1v) is 8.07. The Morgan fingerprint density at radius 1 is 1.15 bits per heavy atom. The molecule has 2 fully saturated rings. The molecule has 1 heterocycles. The third-order valence-corrected chi connectivity index (χ3v) is 5.01. The maximum Gasteiger partial charge on any atom is 0.143 e. The van der Waals surface area contributed by atoms with Crippen LogP contribution in [0, 0.1) is 11.7 Å². The number of halogens is 2. The van der Waals surface area contributed by atoms with E-state index in [1.807, 2.05) is 6.07 Å². The molecular weight excluding hydrogens is 275 g/mol. The van der Waals surface area contributed by atoms with Gasteiger partial charge in [-0.1, -0.05) is 24.4 Å². The summed E-state index contributed by atoms with van der Waals surface area (Å²) >= 11 is 5.74. The minimum Gasteiger partial charge on any atom is -0.382 e. The van der Waals surface area contributed by atoms with E-state index in [0.717, 1.165) is 12.2 Å². The van der Waals surface area contributed by atoms with Crippen molar-refractivity contribution in [3.63, 3.8) is 0 Å². The predicted molar refractivity (Wildman–Crippen MR) is 81.8 cm³/mol. The lowest BCUT2D eigenvalue weighted by molar-refractivity contribution is 0.262. The Morgan fingerprint density at radius 2 is 2.00 bits per heavy atom. The Kier molecular flexibility index (Phi) is 4.47. The van der Waals surface area contributed by atoms with Gasteiger partial charge in [-0.3, -0.25) is 0 Å². The molecule has 0 amide bonds. The average Bonchev–Trinajstić information content (AvgIpc) is 2.97. The first kappa shape index (κ1) is 14.2. The molecule has 3 unspecified atom stereocenters. The van der Waals surface area contributed by atoms with Crippen molar-refractivity contribution in [1.82, 2.24) is 5.32 Å². The van der Waals surface area contributed by atoms with Crippen molar-refractivity contribution < 1.29 is 4.39 Å². The van der Waals surface area contributed by atoms with Gasteiger partial charge in [0.25, 0.3) is 0 Å². The molecule has 0 aromatic heterocycles. The molecule has 20 heavy (non-hydrogen) atoms. The van der Waals surface area contributed by atoms with Crippen LogP contribution in [0.5, 0.6) is 0 Å². The quantitative estimate of drug-likeness (QED) is 0.873. The summed E-state index contributed by atoms with van der Waals surface area (Å²) in [6, 6.07) is 6.09. The Hall–Kier alpha value is -0.800. The highest BCUT2D eigenvalue weighted by atomic mass is 35.5. The lowest BCUT2D eigenvalue weighted by Gasteiger charge is -2.36. The maximum absolute atomic E-state index is 13.5. The normalized spacial score (nSPS) is 30.4. The molecule has 3 rings (SSSR count). The molecule has 1 aliphatic carbocycles. The third kappa shape index (κ3) is 3.09. The van der Waals surface area contributed by atoms with Crippen LogP contribution in [0.25, 0.3) is 0 Å². The Balaban J connectivity index is 1.71.